The van der Waals surface area contributed by atoms with Gasteiger partial charge in [-0.05, 0) is 24.7 Å². The second kappa shape index (κ2) is 5.77. The SMILES string of the molecule is CNC(Cn1ccn(C)c1=O)c1cccc(C(F)(F)F)c1. The van der Waals surface area contributed by atoms with Gasteiger partial charge in [-0.2, -0.15) is 13.2 Å². The molecular formula is C14H16F3N3O. The predicted octanol–water partition coefficient (Wildman–Crippen LogP) is 2.17. The smallest absolute Gasteiger partial charge is 0.312 e. The molecule has 2 rings (SSSR count). The van der Waals surface area contributed by atoms with Crippen molar-refractivity contribution in [1.82, 2.24) is 14.5 Å². The molecule has 0 saturated heterocycles. The van der Waals surface area contributed by atoms with Gasteiger partial charge in [0, 0.05) is 26.0 Å². The van der Waals surface area contributed by atoms with Crippen molar-refractivity contribution < 1.29 is 13.2 Å². The van der Waals surface area contributed by atoms with E-state index in [2.05, 4.69) is 5.32 Å². The monoisotopic (exact) mass is 299 g/mol. The average molecular weight is 299 g/mol. The average Bonchev–Trinajstić information content (AvgIpc) is 2.75. The number of nitrogens with zero attached hydrogens (tertiary/aromatic N) is 2. The Labute approximate surface area is 119 Å². The molecule has 0 amide bonds. The highest BCUT2D eigenvalue weighted by Gasteiger charge is 2.30. The fourth-order valence-electron chi connectivity index (χ4n) is 2.14. The lowest BCUT2D eigenvalue weighted by Crippen LogP contribution is -2.29. The van der Waals surface area contributed by atoms with Crippen LogP contribution in [0.2, 0.25) is 0 Å². The lowest BCUT2D eigenvalue weighted by Gasteiger charge is -2.18. The van der Waals surface area contributed by atoms with E-state index in [0.717, 1.165) is 12.1 Å². The maximum absolute atomic E-state index is 12.8. The first-order valence-electron chi connectivity index (χ1n) is 6.39. The third kappa shape index (κ3) is 3.36. The van der Waals surface area contributed by atoms with Crippen molar-refractivity contribution in [2.24, 2.45) is 7.05 Å². The minimum Gasteiger partial charge on any atom is -0.312 e. The fourth-order valence-corrected chi connectivity index (χ4v) is 2.14. The Balaban J connectivity index is 2.30. The Kier molecular flexibility index (Phi) is 4.22. The standard InChI is InChI=1S/C14H16F3N3O/c1-18-12(9-20-7-6-19(2)13(20)21)10-4-3-5-11(8-10)14(15,16)17/h3-8,12,18H,9H2,1-2H3. The van der Waals surface area contributed by atoms with E-state index in [0.29, 0.717) is 5.56 Å². The third-order valence-electron chi connectivity index (χ3n) is 3.36. The van der Waals surface area contributed by atoms with Crippen LogP contribution in [0.25, 0.3) is 0 Å². The summed E-state index contributed by atoms with van der Waals surface area (Å²) in [6.07, 6.45) is -1.15. The highest BCUT2D eigenvalue weighted by atomic mass is 19.4. The predicted molar refractivity (Wildman–Crippen MR) is 72.9 cm³/mol. The summed E-state index contributed by atoms with van der Waals surface area (Å²) in [6, 6.07) is 4.74. The van der Waals surface area contributed by atoms with Crippen LogP contribution in [0.15, 0.2) is 41.5 Å². The summed E-state index contributed by atoms with van der Waals surface area (Å²) in [5.74, 6) is 0. The molecule has 2 aromatic rings. The Hall–Kier alpha value is -2.02. The van der Waals surface area contributed by atoms with Crippen LogP contribution in [0, 0.1) is 0 Å². The number of hydrogen-bond donors (Lipinski definition) is 1. The molecular weight excluding hydrogens is 283 g/mol. The molecule has 0 fully saturated rings. The molecule has 1 atom stereocenters. The summed E-state index contributed by atoms with van der Waals surface area (Å²) in [6.45, 7) is 0.261. The van der Waals surface area contributed by atoms with Crippen molar-refractivity contribution in [1.29, 1.82) is 0 Å². The summed E-state index contributed by atoms with van der Waals surface area (Å²) < 4.78 is 41.1. The van der Waals surface area contributed by atoms with Gasteiger partial charge in [-0.3, -0.25) is 4.57 Å². The lowest BCUT2D eigenvalue weighted by molar-refractivity contribution is -0.137. The Bertz CT molecular complexity index is 673. The summed E-state index contributed by atoms with van der Waals surface area (Å²) in [5.41, 5.74) is -0.411. The molecule has 4 nitrogen and oxygen atoms in total. The number of hydrogen-bond acceptors (Lipinski definition) is 2. The molecule has 0 aliphatic heterocycles. The quantitative estimate of drug-likeness (QED) is 0.939. The molecule has 21 heavy (non-hydrogen) atoms. The van der Waals surface area contributed by atoms with Crippen LogP contribution in [0.4, 0.5) is 13.2 Å². The van der Waals surface area contributed by atoms with Gasteiger partial charge in [0.05, 0.1) is 11.6 Å². The molecule has 0 aliphatic carbocycles. The second-order valence-electron chi connectivity index (χ2n) is 4.81. The van der Waals surface area contributed by atoms with E-state index in [-0.39, 0.29) is 18.3 Å². The van der Waals surface area contributed by atoms with Crippen LogP contribution in [0.5, 0.6) is 0 Å². The van der Waals surface area contributed by atoms with Crippen molar-refractivity contribution in [2.45, 2.75) is 18.8 Å². The van der Waals surface area contributed by atoms with Crippen molar-refractivity contribution in [3.63, 3.8) is 0 Å². The van der Waals surface area contributed by atoms with E-state index < -0.39 is 11.7 Å². The maximum Gasteiger partial charge on any atom is 0.416 e. The van der Waals surface area contributed by atoms with E-state index in [1.54, 1.807) is 32.6 Å². The van der Waals surface area contributed by atoms with E-state index in [1.165, 1.54) is 15.2 Å². The third-order valence-corrected chi connectivity index (χ3v) is 3.36. The summed E-state index contributed by atoms with van der Waals surface area (Å²) in [5, 5.41) is 2.95. The number of halogens is 3. The minimum atomic E-state index is -4.38. The molecule has 1 N–H and O–H groups in total. The minimum absolute atomic E-state index is 0.206. The van der Waals surface area contributed by atoms with E-state index in [9.17, 15) is 18.0 Å². The Morgan fingerprint density at radius 2 is 2.00 bits per heavy atom. The first-order chi connectivity index (χ1) is 9.82. The number of aryl methyl sites for hydroxylation is 1. The zero-order chi connectivity index (χ0) is 15.6. The van der Waals surface area contributed by atoms with Gasteiger partial charge in [-0.1, -0.05) is 12.1 Å². The number of benzene rings is 1. The molecule has 0 bridgehead atoms. The Morgan fingerprint density at radius 1 is 1.29 bits per heavy atom. The first kappa shape index (κ1) is 15.4. The van der Waals surface area contributed by atoms with Crippen molar-refractivity contribution in [2.75, 3.05) is 7.05 Å². The molecule has 1 unspecified atom stereocenters. The van der Waals surface area contributed by atoms with Crippen LogP contribution in [0.3, 0.4) is 0 Å². The molecule has 0 spiro atoms. The van der Waals surface area contributed by atoms with Crippen LogP contribution in [-0.2, 0) is 19.8 Å². The van der Waals surface area contributed by atoms with Crippen LogP contribution in [-0.4, -0.2) is 16.2 Å². The van der Waals surface area contributed by atoms with Crippen LogP contribution < -0.4 is 11.0 Å². The van der Waals surface area contributed by atoms with Gasteiger partial charge in [0.2, 0.25) is 0 Å². The Morgan fingerprint density at radius 3 is 2.52 bits per heavy atom. The first-order valence-corrected chi connectivity index (χ1v) is 6.39. The molecule has 1 aromatic heterocycles. The highest BCUT2D eigenvalue weighted by Crippen LogP contribution is 2.30. The molecule has 114 valence electrons. The molecule has 1 heterocycles. The van der Waals surface area contributed by atoms with E-state index in [4.69, 9.17) is 0 Å². The van der Waals surface area contributed by atoms with Gasteiger partial charge in [0.1, 0.15) is 0 Å². The van der Waals surface area contributed by atoms with E-state index >= 15 is 0 Å². The maximum atomic E-state index is 12.8. The molecule has 0 aliphatic rings. The normalized spacial score (nSPS) is 13.4. The summed E-state index contributed by atoms with van der Waals surface area (Å²) in [7, 11) is 3.27. The van der Waals surface area contributed by atoms with Crippen LogP contribution >= 0.6 is 0 Å². The van der Waals surface area contributed by atoms with Gasteiger partial charge in [0.25, 0.3) is 0 Å². The number of likely N-dealkylation sites (N-methyl/N-ethyl adjacent to an activating group) is 1. The van der Waals surface area contributed by atoms with Gasteiger partial charge in [0.15, 0.2) is 0 Å². The van der Waals surface area contributed by atoms with Gasteiger partial charge in [-0.25, -0.2) is 4.79 Å². The molecule has 1 aromatic carbocycles. The molecule has 0 radical (unpaired) electrons. The topological polar surface area (TPSA) is 39.0 Å². The number of alkyl halides is 3. The molecule has 7 heteroatoms. The van der Waals surface area contributed by atoms with E-state index in [1.807, 2.05) is 0 Å². The number of aromatic nitrogens is 2. The summed E-state index contributed by atoms with van der Waals surface area (Å²) >= 11 is 0. The molecule has 0 saturated carbocycles. The fraction of sp³-hybridized carbons (Fsp3) is 0.357. The van der Waals surface area contributed by atoms with Crippen molar-refractivity contribution in [3.05, 3.63) is 58.3 Å². The highest BCUT2D eigenvalue weighted by molar-refractivity contribution is 5.28. The number of imidazole rings is 1. The zero-order valence-electron chi connectivity index (χ0n) is 11.7. The second-order valence-corrected chi connectivity index (χ2v) is 4.81. The lowest BCUT2D eigenvalue weighted by atomic mass is 10.0. The van der Waals surface area contributed by atoms with Gasteiger partial charge >= 0.3 is 11.9 Å². The van der Waals surface area contributed by atoms with Crippen LogP contribution in [0.1, 0.15) is 17.2 Å². The zero-order valence-corrected chi connectivity index (χ0v) is 11.7. The van der Waals surface area contributed by atoms with Gasteiger partial charge in [-0.15, -0.1) is 0 Å². The van der Waals surface area contributed by atoms with Crippen molar-refractivity contribution in [3.8, 4) is 0 Å². The number of rotatable bonds is 4. The summed E-state index contributed by atoms with van der Waals surface area (Å²) in [4.78, 5) is 11.8. The number of nitrogens with one attached hydrogen (secondary N) is 1. The van der Waals surface area contributed by atoms with Gasteiger partial charge < -0.3 is 9.88 Å². The van der Waals surface area contributed by atoms with Crippen molar-refractivity contribution >= 4 is 0 Å². The largest absolute Gasteiger partial charge is 0.416 e.